The zero-order valence-electron chi connectivity index (χ0n) is 11.6. The van der Waals surface area contributed by atoms with Crippen molar-refractivity contribution >= 4 is 11.9 Å². The number of ether oxygens (including phenoxy) is 2. The van der Waals surface area contributed by atoms with Crippen molar-refractivity contribution in [2.24, 2.45) is 11.5 Å². The van der Waals surface area contributed by atoms with Crippen LogP contribution in [0, 0.1) is 0 Å². The largest absolute Gasteiger partial charge is 2.00 e. The van der Waals surface area contributed by atoms with Gasteiger partial charge >= 0.3 is 33.0 Å². The molecule has 0 aromatic carbocycles. The number of carboxylic acids is 2. The van der Waals surface area contributed by atoms with Gasteiger partial charge in [-0.25, -0.2) is 0 Å². The Bertz CT molecular complexity index is 323. The van der Waals surface area contributed by atoms with E-state index in [9.17, 15) is 9.59 Å². The molecule has 2 rings (SSSR count). The van der Waals surface area contributed by atoms with E-state index in [1.54, 1.807) is 0 Å². The van der Waals surface area contributed by atoms with Crippen molar-refractivity contribution in [1.29, 1.82) is 0 Å². The van der Waals surface area contributed by atoms with Gasteiger partial charge in [0, 0.05) is 25.9 Å². The molecule has 21 heavy (non-hydrogen) atoms. The number of nitrogens with two attached hydrogens (primary N) is 2. The monoisotopic (exact) mass is 485 g/mol. The van der Waals surface area contributed by atoms with Gasteiger partial charge in [-0.05, 0) is 12.8 Å². The minimum Gasteiger partial charge on any atom is -0.481 e. The van der Waals surface area contributed by atoms with Gasteiger partial charge in [0.2, 0.25) is 0 Å². The summed E-state index contributed by atoms with van der Waals surface area (Å²) in [5.74, 6) is -2.95. The summed E-state index contributed by atoms with van der Waals surface area (Å²) in [6.07, 6.45) is 3.58. The molecular formula is C12H22N2O6Pt+2. The average molecular weight is 485 g/mol. The molecule has 8 nitrogen and oxygen atoms in total. The summed E-state index contributed by atoms with van der Waals surface area (Å²) < 4.78 is 11.7. The van der Waals surface area contributed by atoms with Crippen LogP contribution in [-0.4, -0.2) is 53.2 Å². The molecule has 1 saturated carbocycles. The van der Waals surface area contributed by atoms with Gasteiger partial charge in [0.15, 0.2) is 5.79 Å². The Labute approximate surface area is 137 Å². The quantitative estimate of drug-likeness (QED) is 0.390. The maximum atomic E-state index is 9.43. The molecule has 0 radical (unpaired) electrons. The van der Waals surface area contributed by atoms with Gasteiger partial charge < -0.3 is 31.2 Å². The summed E-state index contributed by atoms with van der Waals surface area (Å²) in [4.78, 5) is 18.9. The van der Waals surface area contributed by atoms with Crippen LogP contribution in [0.3, 0.4) is 0 Å². The third-order valence-corrected chi connectivity index (χ3v) is 3.28. The summed E-state index contributed by atoms with van der Waals surface area (Å²) in [6.45, 7) is 1.01. The number of hydrogen-bond acceptors (Lipinski definition) is 6. The fourth-order valence-corrected chi connectivity index (χ4v) is 2.41. The molecule has 0 aromatic rings. The first kappa shape index (κ1) is 20.5. The van der Waals surface area contributed by atoms with Crippen molar-refractivity contribution in [2.75, 3.05) is 13.1 Å². The van der Waals surface area contributed by atoms with Crippen LogP contribution in [-0.2, 0) is 40.1 Å². The van der Waals surface area contributed by atoms with Gasteiger partial charge in [0.05, 0.1) is 0 Å². The summed E-state index contributed by atoms with van der Waals surface area (Å²) >= 11 is 0. The fraction of sp³-hybridized carbons (Fsp3) is 0.833. The zero-order chi connectivity index (χ0) is 15.2. The molecule has 1 saturated heterocycles. The molecule has 2 fully saturated rings. The zero-order valence-corrected chi connectivity index (χ0v) is 13.9. The maximum Gasteiger partial charge on any atom is 2.00 e. The van der Waals surface area contributed by atoms with E-state index >= 15 is 0 Å². The second kappa shape index (κ2) is 9.48. The molecular weight excluding hydrogens is 463 g/mol. The van der Waals surface area contributed by atoms with E-state index in [2.05, 4.69) is 0 Å². The van der Waals surface area contributed by atoms with E-state index < -0.39 is 18.4 Å². The molecule has 1 aliphatic carbocycles. The number of carbonyl (C=O) groups is 2. The Kier molecular flexibility index (Phi) is 9.24. The van der Waals surface area contributed by atoms with Gasteiger partial charge in [0.1, 0.15) is 18.6 Å². The third-order valence-electron chi connectivity index (χ3n) is 3.28. The van der Waals surface area contributed by atoms with E-state index in [0.29, 0.717) is 13.1 Å². The molecule has 9 heteroatoms. The molecule has 1 aliphatic heterocycles. The van der Waals surface area contributed by atoms with E-state index in [4.69, 9.17) is 31.2 Å². The summed E-state index contributed by atoms with van der Waals surface area (Å²) in [6, 6.07) is 0. The van der Waals surface area contributed by atoms with Crippen LogP contribution < -0.4 is 11.5 Å². The molecule has 0 bridgehead atoms. The first-order chi connectivity index (χ1) is 9.42. The molecule has 0 aromatic heterocycles. The van der Waals surface area contributed by atoms with E-state index in [1.165, 1.54) is 12.8 Å². The molecule has 1 spiro atoms. The van der Waals surface area contributed by atoms with Crippen LogP contribution in [0.2, 0.25) is 0 Å². The molecule has 1 heterocycles. The molecule has 124 valence electrons. The standard InChI is InChI=1S/C9H18N2O2.C3H4O4.Pt/c10-5-7-8(6-11)13-9(12-7)3-1-2-4-9;4-2(5)1-3(6)7;/h7-8H,1-6,10-11H2;1H2,(H,4,5)(H,6,7);/q;;+2/t7-,8-;;/m1../s1. The SMILES string of the molecule is NC[C@H]1OC2(CCCC2)O[C@@H]1CN.O=C(O)CC(=O)O.[Pt+2]. The van der Waals surface area contributed by atoms with Crippen molar-refractivity contribution in [1.82, 2.24) is 0 Å². The maximum absolute atomic E-state index is 9.43. The van der Waals surface area contributed by atoms with Crippen molar-refractivity contribution < 1.29 is 50.3 Å². The minimum atomic E-state index is -1.31. The van der Waals surface area contributed by atoms with Crippen molar-refractivity contribution in [2.45, 2.75) is 50.1 Å². The number of carboxylic acid groups (broad SMARTS) is 2. The normalized spacial score (nSPS) is 25.8. The van der Waals surface area contributed by atoms with Crippen LogP contribution in [0.5, 0.6) is 0 Å². The molecule has 6 N–H and O–H groups in total. The fourth-order valence-electron chi connectivity index (χ4n) is 2.41. The van der Waals surface area contributed by atoms with Gasteiger partial charge in [-0.2, -0.15) is 0 Å². The first-order valence-electron chi connectivity index (χ1n) is 6.62. The van der Waals surface area contributed by atoms with E-state index in [0.717, 1.165) is 12.8 Å². The van der Waals surface area contributed by atoms with Gasteiger partial charge in [-0.15, -0.1) is 0 Å². The number of rotatable bonds is 4. The van der Waals surface area contributed by atoms with Crippen LogP contribution in [0.1, 0.15) is 32.1 Å². The van der Waals surface area contributed by atoms with Crippen LogP contribution in [0.4, 0.5) is 0 Å². The number of hydrogen-bond donors (Lipinski definition) is 4. The Morgan fingerprint density at radius 3 is 1.62 bits per heavy atom. The topological polar surface area (TPSA) is 145 Å². The van der Waals surface area contributed by atoms with Crippen LogP contribution in [0.15, 0.2) is 0 Å². The molecule has 0 amide bonds. The predicted octanol–water partition coefficient (Wildman–Crippen LogP) is -0.499. The van der Waals surface area contributed by atoms with Crippen LogP contribution >= 0.6 is 0 Å². The summed E-state index contributed by atoms with van der Waals surface area (Å²) in [7, 11) is 0. The Morgan fingerprint density at radius 1 is 1.00 bits per heavy atom. The second-order valence-corrected chi connectivity index (χ2v) is 4.87. The van der Waals surface area contributed by atoms with Gasteiger partial charge in [-0.3, -0.25) is 9.59 Å². The molecule has 2 aliphatic rings. The van der Waals surface area contributed by atoms with E-state index in [1.807, 2.05) is 0 Å². The Morgan fingerprint density at radius 2 is 1.38 bits per heavy atom. The summed E-state index contributed by atoms with van der Waals surface area (Å²) in [5, 5.41) is 15.4. The van der Waals surface area contributed by atoms with E-state index in [-0.39, 0.29) is 39.1 Å². The Hall–Kier alpha value is -0.532. The van der Waals surface area contributed by atoms with Gasteiger partial charge in [-0.1, -0.05) is 0 Å². The molecule has 2 atom stereocenters. The minimum absolute atomic E-state index is 0. The summed E-state index contributed by atoms with van der Waals surface area (Å²) in [5.41, 5.74) is 11.2. The van der Waals surface area contributed by atoms with Gasteiger partial charge in [0.25, 0.3) is 0 Å². The van der Waals surface area contributed by atoms with Crippen molar-refractivity contribution in [3.63, 3.8) is 0 Å². The first-order valence-corrected chi connectivity index (χ1v) is 6.62. The smallest absolute Gasteiger partial charge is 0.481 e. The third kappa shape index (κ3) is 6.40. The second-order valence-electron chi connectivity index (χ2n) is 4.87. The van der Waals surface area contributed by atoms with Crippen molar-refractivity contribution in [3.8, 4) is 0 Å². The Balaban J connectivity index is 0.000000436. The van der Waals surface area contributed by atoms with Crippen LogP contribution in [0.25, 0.3) is 0 Å². The molecule has 0 unspecified atom stereocenters. The number of aliphatic carboxylic acids is 2. The predicted molar refractivity (Wildman–Crippen MR) is 68.9 cm³/mol. The van der Waals surface area contributed by atoms with Crippen molar-refractivity contribution in [3.05, 3.63) is 0 Å². The average Bonchev–Trinajstić information content (AvgIpc) is 2.96.